The molecule has 82 valence electrons. The zero-order chi connectivity index (χ0) is 9.14. The maximum atomic E-state index is 10.4. The summed E-state index contributed by atoms with van der Waals surface area (Å²) in [7, 11) is 1.77. The third-order valence-corrected chi connectivity index (χ3v) is 1.53. The number of nitrogens with zero attached hydrogens (tertiary/aromatic N) is 2. The second-order valence-corrected chi connectivity index (χ2v) is 2.67. The van der Waals surface area contributed by atoms with Crippen molar-refractivity contribution < 1.29 is 9.90 Å². The molecule has 0 saturated carbocycles. The van der Waals surface area contributed by atoms with E-state index < -0.39 is 12.0 Å². The number of carboxylic acids is 1. The minimum Gasteiger partial charge on any atom is -0.480 e. The number of rotatable bonds is 3. The smallest absolute Gasteiger partial charge is 0.320 e. The first kappa shape index (κ1) is 15.7. The van der Waals surface area contributed by atoms with E-state index in [4.69, 9.17) is 10.8 Å². The molecule has 0 radical (unpaired) electrons. The lowest BCUT2D eigenvalue weighted by Gasteiger charge is -2.02. The Kier molecular flexibility index (Phi) is 7.44. The Hall–Kier alpha value is -0.780. The van der Waals surface area contributed by atoms with Crippen LogP contribution in [0.5, 0.6) is 0 Å². The highest BCUT2D eigenvalue weighted by atomic mass is 35.5. The van der Waals surface area contributed by atoms with Gasteiger partial charge in [-0.05, 0) is 5.56 Å². The molecular weight excluding hydrogens is 229 g/mol. The van der Waals surface area contributed by atoms with Crippen LogP contribution < -0.4 is 5.73 Å². The fourth-order valence-corrected chi connectivity index (χ4v) is 0.919. The monoisotopic (exact) mass is 241 g/mol. The molecule has 5 nitrogen and oxygen atoms in total. The van der Waals surface area contributed by atoms with Crippen LogP contribution in [0.4, 0.5) is 0 Å². The maximum Gasteiger partial charge on any atom is 0.320 e. The number of aliphatic carboxylic acids is 1. The van der Waals surface area contributed by atoms with Gasteiger partial charge in [0.2, 0.25) is 0 Å². The van der Waals surface area contributed by atoms with Gasteiger partial charge in [0.05, 0.1) is 6.20 Å². The van der Waals surface area contributed by atoms with Crippen molar-refractivity contribution in [2.45, 2.75) is 12.5 Å². The van der Waals surface area contributed by atoms with Gasteiger partial charge in [-0.25, -0.2) is 0 Å². The van der Waals surface area contributed by atoms with Gasteiger partial charge < -0.3 is 10.8 Å². The Morgan fingerprint density at radius 2 is 2.29 bits per heavy atom. The zero-order valence-corrected chi connectivity index (χ0v) is 9.22. The Morgan fingerprint density at radius 3 is 2.64 bits per heavy atom. The molecule has 7 heteroatoms. The number of nitrogens with two attached hydrogens (primary N) is 1. The molecule has 1 heterocycles. The molecule has 0 aromatic carbocycles. The topological polar surface area (TPSA) is 81.1 Å². The van der Waals surface area contributed by atoms with E-state index in [1.54, 1.807) is 24.1 Å². The summed E-state index contributed by atoms with van der Waals surface area (Å²) >= 11 is 0. The van der Waals surface area contributed by atoms with Crippen LogP contribution in [0.25, 0.3) is 0 Å². The van der Waals surface area contributed by atoms with E-state index in [-0.39, 0.29) is 24.8 Å². The third kappa shape index (κ3) is 4.45. The molecule has 0 aliphatic heterocycles. The van der Waals surface area contributed by atoms with Gasteiger partial charge in [0, 0.05) is 19.7 Å². The molecule has 1 aromatic heterocycles. The number of aryl methyl sites for hydroxylation is 1. The number of carbonyl (C=O) groups is 1. The van der Waals surface area contributed by atoms with Crippen LogP contribution in [0.15, 0.2) is 12.4 Å². The number of halogens is 2. The lowest BCUT2D eigenvalue weighted by molar-refractivity contribution is -0.138. The van der Waals surface area contributed by atoms with Crippen molar-refractivity contribution in [1.82, 2.24) is 9.78 Å². The summed E-state index contributed by atoms with van der Waals surface area (Å²) in [6, 6.07) is -0.839. The van der Waals surface area contributed by atoms with Gasteiger partial charge in [-0.3, -0.25) is 9.48 Å². The molecule has 14 heavy (non-hydrogen) atoms. The fraction of sp³-hybridized carbons (Fsp3) is 0.429. The molecule has 0 saturated heterocycles. The van der Waals surface area contributed by atoms with Gasteiger partial charge in [-0.15, -0.1) is 24.8 Å². The summed E-state index contributed by atoms with van der Waals surface area (Å²) in [5, 5.41) is 12.4. The van der Waals surface area contributed by atoms with E-state index in [0.717, 1.165) is 5.56 Å². The summed E-state index contributed by atoms with van der Waals surface area (Å²) in [6.07, 6.45) is 3.69. The van der Waals surface area contributed by atoms with E-state index in [2.05, 4.69) is 5.10 Å². The molecule has 1 rings (SSSR count). The summed E-state index contributed by atoms with van der Waals surface area (Å²) in [4.78, 5) is 10.4. The van der Waals surface area contributed by atoms with Crippen molar-refractivity contribution in [2.24, 2.45) is 12.8 Å². The predicted octanol–water partition coefficient (Wildman–Crippen LogP) is 0.218. The van der Waals surface area contributed by atoms with Crippen LogP contribution in [-0.4, -0.2) is 26.9 Å². The highest BCUT2D eigenvalue weighted by molar-refractivity contribution is 5.85. The summed E-state index contributed by atoms with van der Waals surface area (Å²) in [6.45, 7) is 0. The van der Waals surface area contributed by atoms with Crippen LogP contribution in [0, 0.1) is 0 Å². The minimum absolute atomic E-state index is 0. The molecule has 0 aliphatic carbocycles. The summed E-state index contributed by atoms with van der Waals surface area (Å²) < 4.78 is 1.61. The van der Waals surface area contributed by atoms with Crippen LogP contribution >= 0.6 is 24.8 Å². The first-order valence-electron chi connectivity index (χ1n) is 3.55. The minimum atomic E-state index is -0.987. The number of aromatic nitrogens is 2. The average Bonchev–Trinajstić information content (AvgIpc) is 2.35. The Balaban J connectivity index is 0. The second-order valence-electron chi connectivity index (χ2n) is 2.67. The zero-order valence-electron chi connectivity index (χ0n) is 7.58. The first-order chi connectivity index (χ1) is 5.59. The molecule has 1 aromatic rings. The molecule has 0 amide bonds. The lowest BCUT2D eigenvalue weighted by Crippen LogP contribution is -2.32. The number of hydrogen-bond donors (Lipinski definition) is 2. The van der Waals surface area contributed by atoms with Crippen molar-refractivity contribution in [3.63, 3.8) is 0 Å². The molecule has 0 fully saturated rings. The highest BCUT2D eigenvalue weighted by Gasteiger charge is 2.12. The molecule has 0 aliphatic rings. The van der Waals surface area contributed by atoms with E-state index in [0.29, 0.717) is 6.42 Å². The van der Waals surface area contributed by atoms with E-state index >= 15 is 0 Å². The van der Waals surface area contributed by atoms with Crippen LogP contribution in [0.2, 0.25) is 0 Å². The van der Waals surface area contributed by atoms with Gasteiger partial charge in [-0.1, -0.05) is 0 Å². The molecule has 1 unspecified atom stereocenters. The Labute approximate surface area is 94.1 Å². The van der Waals surface area contributed by atoms with Crippen LogP contribution in [0.1, 0.15) is 5.56 Å². The SMILES string of the molecule is Cl.Cl.Cn1cc(CC(N)C(=O)O)cn1. The molecule has 3 N–H and O–H groups in total. The van der Waals surface area contributed by atoms with Crippen molar-refractivity contribution in [3.8, 4) is 0 Å². The number of carboxylic acid groups (broad SMARTS) is 1. The normalized spacial score (nSPS) is 11.0. The Bertz CT molecular complexity index is 290. The summed E-state index contributed by atoms with van der Waals surface area (Å²) in [5.41, 5.74) is 6.16. The van der Waals surface area contributed by atoms with Crippen molar-refractivity contribution >= 4 is 30.8 Å². The molecule has 0 bridgehead atoms. The van der Waals surface area contributed by atoms with E-state index in [1.165, 1.54) is 0 Å². The van der Waals surface area contributed by atoms with Crippen molar-refractivity contribution in [3.05, 3.63) is 18.0 Å². The second kappa shape index (κ2) is 6.64. The van der Waals surface area contributed by atoms with Crippen molar-refractivity contribution in [1.29, 1.82) is 0 Å². The van der Waals surface area contributed by atoms with Gasteiger partial charge >= 0.3 is 5.97 Å². The first-order valence-corrected chi connectivity index (χ1v) is 3.55. The summed E-state index contributed by atoms with van der Waals surface area (Å²) in [5.74, 6) is -0.987. The van der Waals surface area contributed by atoms with Gasteiger partial charge in [-0.2, -0.15) is 5.10 Å². The van der Waals surface area contributed by atoms with Gasteiger partial charge in [0.15, 0.2) is 0 Å². The quantitative estimate of drug-likeness (QED) is 0.794. The maximum absolute atomic E-state index is 10.4. The van der Waals surface area contributed by atoms with Gasteiger partial charge in [0.1, 0.15) is 6.04 Å². The highest BCUT2D eigenvalue weighted by Crippen LogP contribution is 1.99. The third-order valence-electron chi connectivity index (χ3n) is 1.53. The Morgan fingerprint density at radius 1 is 1.71 bits per heavy atom. The molecular formula is C7H13Cl2N3O2. The van der Waals surface area contributed by atoms with Crippen molar-refractivity contribution in [2.75, 3.05) is 0 Å². The van der Waals surface area contributed by atoms with Gasteiger partial charge in [0.25, 0.3) is 0 Å². The van der Waals surface area contributed by atoms with E-state index in [9.17, 15) is 4.79 Å². The number of hydrogen-bond acceptors (Lipinski definition) is 3. The standard InChI is InChI=1S/C7H11N3O2.2ClH/c1-10-4-5(3-9-10)2-6(8)7(11)12;;/h3-4,6H,2,8H2,1H3,(H,11,12);2*1H. The van der Waals surface area contributed by atoms with Crippen LogP contribution in [0.3, 0.4) is 0 Å². The predicted molar refractivity (Wildman–Crippen MR) is 57.0 cm³/mol. The fourth-order valence-electron chi connectivity index (χ4n) is 0.919. The molecule has 1 atom stereocenters. The van der Waals surface area contributed by atoms with Crippen LogP contribution in [-0.2, 0) is 18.3 Å². The van der Waals surface area contributed by atoms with E-state index in [1.807, 2.05) is 0 Å². The molecule has 0 spiro atoms. The lowest BCUT2D eigenvalue weighted by atomic mass is 10.1. The largest absolute Gasteiger partial charge is 0.480 e. The average molecular weight is 242 g/mol.